The van der Waals surface area contributed by atoms with Crippen molar-refractivity contribution in [3.8, 4) is 0 Å². The zero-order valence-corrected chi connectivity index (χ0v) is 18.0. The second-order valence-electron chi connectivity index (χ2n) is 7.24. The van der Waals surface area contributed by atoms with E-state index in [0.29, 0.717) is 18.4 Å². The molecule has 4 N–H and O–H groups in total. The Morgan fingerprint density at radius 3 is 2.77 bits per heavy atom. The summed E-state index contributed by atoms with van der Waals surface area (Å²) in [7, 11) is -3.73. The maximum absolute atomic E-state index is 12.5. The summed E-state index contributed by atoms with van der Waals surface area (Å²) in [4.78, 5) is 28.4. The Bertz CT molecular complexity index is 870. The summed E-state index contributed by atoms with van der Waals surface area (Å²) in [6.07, 6.45) is 5.24. The number of aliphatic imine (C=N–C) groups is 1. The smallest absolute Gasteiger partial charge is 0.323 e. The van der Waals surface area contributed by atoms with E-state index < -0.39 is 27.9 Å². The van der Waals surface area contributed by atoms with E-state index in [1.165, 1.54) is 0 Å². The van der Waals surface area contributed by atoms with Gasteiger partial charge in [0.2, 0.25) is 10.0 Å². The van der Waals surface area contributed by atoms with Gasteiger partial charge in [-0.25, -0.2) is 8.42 Å². The molecule has 0 spiro atoms. The maximum atomic E-state index is 12.5. The number of carbonyl (C=O) groups is 2. The topological polar surface area (TPSA) is 137 Å². The summed E-state index contributed by atoms with van der Waals surface area (Å²) in [6, 6.07) is 5.38. The quantitative estimate of drug-likeness (QED) is 0.441. The highest BCUT2D eigenvalue weighted by atomic mass is 32.2. The molecule has 0 saturated carbocycles. The average molecular weight is 439 g/mol. The van der Waals surface area contributed by atoms with E-state index in [4.69, 9.17) is 0 Å². The third-order valence-corrected chi connectivity index (χ3v) is 6.11. The zero-order chi connectivity index (χ0) is 22.0. The van der Waals surface area contributed by atoms with Crippen LogP contribution in [0.5, 0.6) is 0 Å². The zero-order valence-electron chi connectivity index (χ0n) is 17.2. The first-order valence-corrected chi connectivity index (χ1v) is 11.9. The Morgan fingerprint density at radius 2 is 2.03 bits per heavy atom. The van der Waals surface area contributed by atoms with Crippen LogP contribution in [0.1, 0.15) is 55.8 Å². The number of carboxylic acid groups (broad SMARTS) is 1. The molecule has 9 nitrogen and oxygen atoms in total. The molecule has 10 heteroatoms. The minimum atomic E-state index is -3.73. The van der Waals surface area contributed by atoms with E-state index in [0.717, 1.165) is 43.8 Å². The van der Waals surface area contributed by atoms with Crippen molar-refractivity contribution in [2.24, 2.45) is 4.99 Å². The highest BCUT2D eigenvalue weighted by Gasteiger charge is 2.24. The monoisotopic (exact) mass is 438 g/mol. The fourth-order valence-electron chi connectivity index (χ4n) is 2.97. The number of nitrogens with zero attached hydrogens (tertiary/aromatic N) is 1. The van der Waals surface area contributed by atoms with Crippen molar-refractivity contribution in [2.45, 2.75) is 51.5 Å². The highest BCUT2D eigenvalue weighted by molar-refractivity contribution is 7.89. The van der Waals surface area contributed by atoms with Crippen LogP contribution in [0.25, 0.3) is 0 Å². The minimum Gasteiger partial charge on any atom is -0.480 e. The number of rotatable bonds is 10. The lowest BCUT2D eigenvalue weighted by atomic mass is 10.1. The molecule has 1 unspecified atom stereocenters. The number of amidine groups is 1. The molecular weight excluding hydrogens is 408 g/mol. The van der Waals surface area contributed by atoms with Crippen molar-refractivity contribution >= 4 is 33.4 Å². The van der Waals surface area contributed by atoms with Crippen LogP contribution in [-0.2, 0) is 14.8 Å². The molecule has 1 aromatic rings. The van der Waals surface area contributed by atoms with Gasteiger partial charge in [-0.3, -0.25) is 14.6 Å². The number of hydrogen-bond donors (Lipinski definition) is 4. The van der Waals surface area contributed by atoms with Crippen LogP contribution in [-0.4, -0.2) is 56.1 Å². The summed E-state index contributed by atoms with van der Waals surface area (Å²) < 4.78 is 26.1. The van der Waals surface area contributed by atoms with Crippen LogP contribution in [0.4, 0.5) is 5.69 Å². The highest BCUT2D eigenvalue weighted by Crippen LogP contribution is 2.14. The van der Waals surface area contributed by atoms with Gasteiger partial charge in [-0.2, -0.15) is 4.72 Å². The Kier molecular flexibility index (Phi) is 9.25. The van der Waals surface area contributed by atoms with Crippen LogP contribution >= 0.6 is 0 Å². The van der Waals surface area contributed by atoms with E-state index >= 15 is 0 Å². The van der Waals surface area contributed by atoms with E-state index in [1.54, 1.807) is 18.2 Å². The number of nitrogens with one attached hydrogen (secondary N) is 3. The molecule has 30 heavy (non-hydrogen) atoms. The van der Waals surface area contributed by atoms with Gasteiger partial charge in [-0.05, 0) is 37.5 Å². The number of sulfonamides is 1. The number of aliphatic carboxylic acids is 1. The number of amides is 1. The SMILES string of the molecule is CCCCS(=O)(=O)NC(CNC(=O)c1cccc(NC2=NCCCCC2)c1)C(=O)O. The molecule has 0 saturated heterocycles. The molecule has 1 atom stereocenters. The van der Waals surface area contributed by atoms with Crippen molar-refractivity contribution in [3.63, 3.8) is 0 Å². The molecule has 1 amide bonds. The second-order valence-corrected chi connectivity index (χ2v) is 9.11. The summed E-state index contributed by atoms with van der Waals surface area (Å²) in [5.74, 6) is -1.10. The largest absolute Gasteiger partial charge is 0.480 e. The van der Waals surface area contributed by atoms with Crippen LogP contribution < -0.4 is 15.4 Å². The molecule has 0 fully saturated rings. The molecule has 0 aromatic heterocycles. The third-order valence-electron chi connectivity index (χ3n) is 4.64. The number of carboxylic acids is 1. The van der Waals surface area contributed by atoms with Crippen LogP contribution in [0, 0.1) is 0 Å². The first-order valence-electron chi connectivity index (χ1n) is 10.2. The number of hydrogen-bond acceptors (Lipinski definition) is 6. The van der Waals surface area contributed by atoms with Crippen LogP contribution in [0.15, 0.2) is 29.3 Å². The molecular formula is C20H30N4O5S. The van der Waals surface area contributed by atoms with E-state index in [1.807, 2.05) is 13.0 Å². The molecule has 0 radical (unpaired) electrons. The summed E-state index contributed by atoms with van der Waals surface area (Å²) in [5, 5.41) is 15.0. The Labute approximate surface area is 177 Å². The first-order chi connectivity index (χ1) is 14.3. The second kappa shape index (κ2) is 11.7. The number of carbonyl (C=O) groups excluding carboxylic acids is 1. The Hall–Kier alpha value is -2.46. The molecule has 2 rings (SSSR count). The van der Waals surface area contributed by atoms with Crippen LogP contribution in [0.2, 0.25) is 0 Å². The van der Waals surface area contributed by atoms with Gasteiger partial charge in [0.25, 0.3) is 5.91 Å². The van der Waals surface area contributed by atoms with Crippen LogP contribution in [0.3, 0.4) is 0 Å². The van der Waals surface area contributed by atoms with Crippen molar-refractivity contribution < 1.29 is 23.1 Å². The molecule has 1 aliphatic rings. The average Bonchev–Trinajstić information content (AvgIpc) is 2.98. The minimum absolute atomic E-state index is 0.154. The number of benzene rings is 1. The standard InChI is InChI=1S/C20H30N4O5S/c1-2-3-12-30(28,29)24-17(20(26)27)14-22-19(25)15-8-7-9-16(13-15)23-18-10-5-4-6-11-21-18/h7-9,13,17,24H,2-6,10-12,14H2,1H3,(H,21,23)(H,22,25)(H,26,27). The number of anilines is 1. The van der Waals surface area contributed by atoms with E-state index in [-0.39, 0.29) is 12.3 Å². The van der Waals surface area contributed by atoms with Crippen molar-refractivity contribution in [3.05, 3.63) is 29.8 Å². The fourth-order valence-corrected chi connectivity index (χ4v) is 4.37. The summed E-state index contributed by atoms with van der Waals surface area (Å²) in [6.45, 7) is 2.27. The maximum Gasteiger partial charge on any atom is 0.323 e. The normalized spacial score (nSPS) is 15.6. The van der Waals surface area contributed by atoms with Gasteiger partial charge in [0, 0.05) is 30.8 Å². The lowest BCUT2D eigenvalue weighted by Crippen LogP contribution is -2.48. The van der Waals surface area contributed by atoms with Gasteiger partial charge in [0.15, 0.2) is 0 Å². The van der Waals surface area contributed by atoms with E-state index in [9.17, 15) is 23.1 Å². The van der Waals surface area contributed by atoms with Crippen molar-refractivity contribution in [2.75, 3.05) is 24.2 Å². The van der Waals surface area contributed by atoms with Gasteiger partial charge in [0.1, 0.15) is 11.9 Å². The number of unbranched alkanes of at least 4 members (excludes halogenated alkanes) is 1. The summed E-state index contributed by atoms with van der Waals surface area (Å²) in [5.41, 5.74) is 1.06. The first kappa shape index (κ1) is 23.8. The molecule has 166 valence electrons. The fraction of sp³-hybridized carbons (Fsp3) is 0.550. The third kappa shape index (κ3) is 8.11. The molecule has 1 heterocycles. The van der Waals surface area contributed by atoms with Gasteiger partial charge in [0.05, 0.1) is 5.75 Å². The Morgan fingerprint density at radius 1 is 1.23 bits per heavy atom. The predicted octanol–water partition coefficient (Wildman–Crippen LogP) is 1.97. The molecule has 1 aromatic carbocycles. The molecule has 1 aliphatic heterocycles. The van der Waals surface area contributed by atoms with Gasteiger partial charge < -0.3 is 15.7 Å². The van der Waals surface area contributed by atoms with Crippen molar-refractivity contribution in [1.82, 2.24) is 10.0 Å². The molecule has 0 bridgehead atoms. The Balaban J connectivity index is 1.97. The lowest BCUT2D eigenvalue weighted by Gasteiger charge is -2.16. The lowest BCUT2D eigenvalue weighted by molar-refractivity contribution is -0.138. The predicted molar refractivity (Wildman–Crippen MR) is 116 cm³/mol. The summed E-state index contributed by atoms with van der Waals surface area (Å²) >= 11 is 0. The van der Waals surface area contributed by atoms with Gasteiger partial charge >= 0.3 is 5.97 Å². The van der Waals surface area contributed by atoms with Gasteiger partial charge in [-0.1, -0.05) is 25.8 Å². The molecule has 0 aliphatic carbocycles. The van der Waals surface area contributed by atoms with E-state index in [2.05, 4.69) is 20.3 Å². The van der Waals surface area contributed by atoms with Gasteiger partial charge in [-0.15, -0.1) is 0 Å². The van der Waals surface area contributed by atoms with Crippen molar-refractivity contribution in [1.29, 1.82) is 0 Å².